The van der Waals surface area contributed by atoms with Crippen LogP contribution in [0.5, 0.6) is 0 Å². The van der Waals surface area contributed by atoms with Gasteiger partial charge in [0.2, 0.25) is 0 Å². The Balaban J connectivity index is 0.000000249. The molecule has 1 saturated heterocycles. The molecule has 1 aliphatic rings. The molecular formula is C10H22N2S2. The standard InChI is InChI=1S/C5H11NS2.C5H11N/c1-3-6(4-2)5(7)8;1-2-4-6-5-3-1/h3-4H2,1-2H3,(H,7,8);6H,1-5H2. The molecule has 1 fully saturated rings. The summed E-state index contributed by atoms with van der Waals surface area (Å²) >= 11 is 9.51. The number of piperidine rings is 1. The van der Waals surface area contributed by atoms with Gasteiger partial charge in [-0.15, -0.1) is 0 Å². The fourth-order valence-corrected chi connectivity index (χ4v) is 1.90. The van der Waals surface area contributed by atoms with Crippen LogP contribution in [0.1, 0.15) is 33.1 Å². The second-order valence-electron chi connectivity index (χ2n) is 3.36. The van der Waals surface area contributed by atoms with Crippen LogP contribution in [-0.4, -0.2) is 35.4 Å². The van der Waals surface area contributed by atoms with E-state index in [1.807, 2.05) is 18.7 Å². The van der Waals surface area contributed by atoms with Crippen LogP contribution in [0.15, 0.2) is 0 Å². The lowest BCUT2D eigenvalue weighted by Gasteiger charge is -2.24. The number of nitrogens with zero attached hydrogens (tertiary/aromatic N) is 1. The molecule has 4 heteroatoms. The molecule has 0 aromatic rings. The first-order chi connectivity index (χ1) is 6.72. The van der Waals surface area contributed by atoms with Gasteiger partial charge in [-0.25, -0.2) is 0 Å². The molecule has 0 radical (unpaired) electrons. The fourth-order valence-electron chi connectivity index (χ4n) is 1.38. The molecule has 2 N–H and O–H groups in total. The van der Waals surface area contributed by atoms with Crippen LogP contribution in [0.25, 0.3) is 0 Å². The smallest absolute Gasteiger partial charge is 0.0755 e. The third-order valence-electron chi connectivity index (χ3n) is 2.34. The van der Waals surface area contributed by atoms with Gasteiger partial charge in [-0.3, -0.25) is 0 Å². The van der Waals surface area contributed by atoms with Gasteiger partial charge in [0.25, 0.3) is 0 Å². The maximum atomic E-state index is 4.76. The summed E-state index contributed by atoms with van der Waals surface area (Å²) in [6.07, 6.45) is 4.36. The number of nitrogens with two attached hydrogens (primary N) is 1. The molecule has 0 amide bonds. The number of rotatable bonds is 2. The van der Waals surface area contributed by atoms with E-state index < -0.39 is 0 Å². The second kappa shape index (κ2) is 9.62. The van der Waals surface area contributed by atoms with Crippen molar-refractivity contribution in [3.05, 3.63) is 0 Å². The quantitative estimate of drug-likeness (QED) is 0.566. The number of thiocarbonyl (C=S) groups is 1. The van der Waals surface area contributed by atoms with E-state index in [0.29, 0.717) is 4.32 Å². The average Bonchev–Trinajstić information content (AvgIpc) is 2.22. The molecule has 0 bridgehead atoms. The predicted molar refractivity (Wildman–Crippen MR) is 68.4 cm³/mol. The molecule has 0 spiro atoms. The van der Waals surface area contributed by atoms with Gasteiger partial charge in [-0.1, -0.05) is 4.32 Å². The van der Waals surface area contributed by atoms with E-state index >= 15 is 0 Å². The summed E-state index contributed by atoms with van der Waals surface area (Å²) in [7, 11) is 0. The van der Waals surface area contributed by atoms with Crippen LogP contribution in [0.3, 0.4) is 0 Å². The Morgan fingerprint density at radius 1 is 1.21 bits per heavy atom. The van der Waals surface area contributed by atoms with E-state index in [4.69, 9.17) is 24.8 Å². The van der Waals surface area contributed by atoms with Gasteiger partial charge in [-0.2, -0.15) is 0 Å². The highest BCUT2D eigenvalue weighted by Crippen LogP contribution is 1.91. The van der Waals surface area contributed by atoms with E-state index in [1.165, 1.54) is 32.4 Å². The summed E-state index contributed by atoms with van der Waals surface area (Å²) in [5.41, 5.74) is 0. The first kappa shape index (κ1) is 14.1. The number of hydrogen-bond acceptors (Lipinski definition) is 2. The Labute approximate surface area is 98.8 Å². The zero-order valence-corrected chi connectivity index (χ0v) is 10.9. The zero-order valence-electron chi connectivity index (χ0n) is 9.29. The molecule has 0 aromatic carbocycles. The minimum absolute atomic E-state index is 0.579. The molecule has 1 rings (SSSR count). The summed E-state index contributed by atoms with van der Waals surface area (Å²) in [6, 6.07) is 0. The molecule has 0 unspecified atom stereocenters. The minimum Gasteiger partial charge on any atom is -0.411 e. The van der Waals surface area contributed by atoms with E-state index in [2.05, 4.69) is 5.32 Å². The van der Waals surface area contributed by atoms with Gasteiger partial charge in [0.1, 0.15) is 0 Å². The third kappa shape index (κ3) is 7.47. The molecule has 84 valence electrons. The summed E-state index contributed by atoms with van der Waals surface area (Å²) in [6.45, 7) is 8.70. The Morgan fingerprint density at radius 2 is 1.71 bits per heavy atom. The van der Waals surface area contributed by atoms with Gasteiger partial charge in [0.05, 0.1) is 13.1 Å². The number of quaternary nitrogens is 1. The predicted octanol–water partition coefficient (Wildman–Crippen LogP) is 0.894. The van der Waals surface area contributed by atoms with Crippen molar-refractivity contribution in [1.29, 1.82) is 0 Å². The second-order valence-corrected chi connectivity index (χ2v) is 4.40. The zero-order chi connectivity index (χ0) is 10.8. The van der Waals surface area contributed by atoms with Gasteiger partial charge in [0.15, 0.2) is 0 Å². The van der Waals surface area contributed by atoms with E-state index in [0.717, 1.165) is 13.1 Å². The highest BCUT2D eigenvalue weighted by atomic mass is 32.1. The van der Waals surface area contributed by atoms with Crippen molar-refractivity contribution in [3.8, 4) is 0 Å². The summed E-state index contributed by atoms with van der Waals surface area (Å²) in [5.74, 6) is 0. The van der Waals surface area contributed by atoms with Crippen LogP contribution in [-0.2, 0) is 12.6 Å². The normalized spacial score (nSPS) is 15.3. The molecular weight excluding hydrogens is 212 g/mol. The Morgan fingerprint density at radius 3 is 1.79 bits per heavy atom. The van der Waals surface area contributed by atoms with Crippen molar-refractivity contribution < 1.29 is 5.32 Å². The van der Waals surface area contributed by atoms with Gasteiger partial charge >= 0.3 is 0 Å². The van der Waals surface area contributed by atoms with Gasteiger partial charge in [0, 0.05) is 13.1 Å². The van der Waals surface area contributed by atoms with Crippen LogP contribution in [0.4, 0.5) is 0 Å². The van der Waals surface area contributed by atoms with Crippen molar-refractivity contribution in [2.45, 2.75) is 33.1 Å². The molecule has 0 saturated carbocycles. The topological polar surface area (TPSA) is 19.9 Å². The van der Waals surface area contributed by atoms with Crippen LogP contribution in [0, 0.1) is 0 Å². The molecule has 0 aromatic heterocycles. The average molecular weight is 234 g/mol. The van der Waals surface area contributed by atoms with Crippen LogP contribution >= 0.6 is 12.2 Å². The van der Waals surface area contributed by atoms with E-state index in [1.54, 1.807) is 0 Å². The first-order valence-corrected chi connectivity index (χ1v) is 6.31. The Bertz CT molecular complexity index is 132. The summed E-state index contributed by atoms with van der Waals surface area (Å²) < 4.78 is 0.579. The molecule has 0 aliphatic carbocycles. The monoisotopic (exact) mass is 234 g/mol. The van der Waals surface area contributed by atoms with Crippen molar-refractivity contribution in [3.63, 3.8) is 0 Å². The maximum Gasteiger partial charge on any atom is 0.0755 e. The van der Waals surface area contributed by atoms with Crippen molar-refractivity contribution >= 4 is 29.2 Å². The van der Waals surface area contributed by atoms with Crippen LogP contribution in [0.2, 0.25) is 0 Å². The SMILES string of the molecule is C1CC[NH2+]CC1.CCN(CC)C(=S)[S-]. The molecule has 14 heavy (non-hydrogen) atoms. The van der Waals surface area contributed by atoms with Crippen LogP contribution < -0.4 is 5.32 Å². The van der Waals surface area contributed by atoms with Crippen molar-refractivity contribution in [2.75, 3.05) is 26.2 Å². The lowest BCUT2D eigenvalue weighted by molar-refractivity contribution is -0.662. The Kier molecular flexibility index (Phi) is 9.67. The highest BCUT2D eigenvalue weighted by Gasteiger charge is 1.97. The van der Waals surface area contributed by atoms with Gasteiger partial charge < -0.3 is 35.1 Å². The summed E-state index contributed by atoms with van der Waals surface area (Å²) in [4.78, 5) is 1.96. The van der Waals surface area contributed by atoms with E-state index in [-0.39, 0.29) is 0 Å². The fraction of sp³-hybridized carbons (Fsp3) is 0.900. The summed E-state index contributed by atoms with van der Waals surface area (Å²) in [5, 5.41) is 2.39. The highest BCUT2D eigenvalue weighted by molar-refractivity contribution is 8.00. The first-order valence-electron chi connectivity index (χ1n) is 5.50. The van der Waals surface area contributed by atoms with E-state index in [9.17, 15) is 0 Å². The largest absolute Gasteiger partial charge is 0.411 e. The molecule has 1 heterocycles. The van der Waals surface area contributed by atoms with Crippen molar-refractivity contribution in [1.82, 2.24) is 4.90 Å². The Hall–Kier alpha value is 0.0700. The molecule has 0 atom stereocenters. The lowest BCUT2D eigenvalue weighted by Crippen LogP contribution is -2.85. The van der Waals surface area contributed by atoms with Crippen molar-refractivity contribution in [2.24, 2.45) is 0 Å². The third-order valence-corrected chi connectivity index (χ3v) is 2.85. The van der Waals surface area contributed by atoms with Gasteiger partial charge in [-0.05, 0) is 33.1 Å². The molecule has 2 nitrogen and oxygen atoms in total. The number of hydrogen-bond donors (Lipinski definition) is 1. The lowest BCUT2D eigenvalue weighted by atomic mass is 10.2. The minimum atomic E-state index is 0.579. The molecule has 1 aliphatic heterocycles. The maximum absolute atomic E-state index is 4.76.